The standard InChI is InChI=1S/C15H19NO2/c1-16(14-6-7-14)10-12-18-15-8-4-13(5-9-15)3-2-11-17/h4-5,8-9,14,17H,6-7,10-12H2,1H3. The van der Waals surface area contributed by atoms with E-state index in [1.54, 1.807) is 0 Å². The second kappa shape index (κ2) is 6.44. The molecule has 1 fully saturated rings. The normalized spacial score (nSPS) is 14.2. The monoisotopic (exact) mass is 245 g/mol. The van der Waals surface area contributed by atoms with Gasteiger partial charge in [0.1, 0.15) is 19.0 Å². The smallest absolute Gasteiger partial charge is 0.119 e. The van der Waals surface area contributed by atoms with Gasteiger partial charge in [-0.15, -0.1) is 0 Å². The molecule has 0 radical (unpaired) electrons. The SMILES string of the molecule is CN(CCOc1ccc(C#CCO)cc1)C1CC1. The van der Waals surface area contributed by atoms with Crippen LogP contribution in [0.2, 0.25) is 0 Å². The maximum absolute atomic E-state index is 8.60. The third-order valence-electron chi connectivity index (χ3n) is 3.05. The van der Waals surface area contributed by atoms with Gasteiger partial charge >= 0.3 is 0 Å². The number of rotatable bonds is 5. The van der Waals surface area contributed by atoms with E-state index in [2.05, 4.69) is 23.8 Å². The van der Waals surface area contributed by atoms with Crippen molar-refractivity contribution in [3.63, 3.8) is 0 Å². The van der Waals surface area contributed by atoms with Crippen molar-refractivity contribution in [1.82, 2.24) is 4.90 Å². The number of benzene rings is 1. The molecule has 3 nitrogen and oxygen atoms in total. The minimum Gasteiger partial charge on any atom is -0.492 e. The summed E-state index contributed by atoms with van der Waals surface area (Å²) in [4.78, 5) is 2.35. The van der Waals surface area contributed by atoms with Gasteiger partial charge in [0.2, 0.25) is 0 Å². The maximum atomic E-state index is 8.60. The molecule has 1 aliphatic rings. The second-order valence-corrected chi connectivity index (χ2v) is 4.54. The van der Waals surface area contributed by atoms with E-state index in [1.165, 1.54) is 12.8 Å². The number of hydrogen-bond donors (Lipinski definition) is 1. The first-order chi connectivity index (χ1) is 8.79. The lowest BCUT2D eigenvalue weighted by Crippen LogP contribution is -2.26. The molecular formula is C15H19NO2. The molecule has 1 aliphatic carbocycles. The van der Waals surface area contributed by atoms with Gasteiger partial charge in [-0.2, -0.15) is 0 Å². The molecule has 3 heteroatoms. The minimum atomic E-state index is -0.105. The van der Waals surface area contributed by atoms with Crippen LogP contribution < -0.4 is 4.74 Å². The molecule has 0 bridgehead atoms. The van der Waals surface area contributed by atoms with E-state index >= 15 is 0 Å². The highest BCUT2D eigenvalue weighted by molar-refractivity contribution is 5.38. The van der Waals surface area contributed by atoms with Crippen molar-refractivity contribution in [2.45, 2.75) is 18.9 Å². The van der Waals surface area contributed by atoms with Crippen LogP contribution >= 0.6 is 0 Å². The molecule has 1 N–H and O–H groups in total. The number of aliphatic hydroxyl groups excluding tert-OH is 1. The topological polar surface area (TPSA) is 32.7 Å². The Balaban J connectivity index is 1.75. The predicted molar refractivity (Wildman–Crippen MR) is 71.6 cm³/mol. The lowest BCUT2D eigenvalue weighted by atomic mass is 10.2. The van der Waals surface area contributed by atoms with Gasteiger partial charge in [0.15, 0.2) is 0 Å². The summed E-state index contributed by atoms with van der Waals surface area (Å²) < 4.78 is 5.67. The summed E-state index contributed by atoms with van der Waals surface area (Å²) in [5, 5.41) is 8.60. The summed E-state index contributed by atoms with van der Waals surface area (Å²) in [6.45, 7) is 1.58. The van der Waals surface area contributed by atoms with E-state index in [0.717, 1.165) is 23.9 Å². The Morgan fingerprint density at radius 3 is 2.67 bits per heavy atom. The number of aliphatic hydroxyl groups is 1. The van der Waals surface area contributed by atoms with Crippen LogP contribution in [0.4, 0.5) is 0 Å². The fourth-order valence-corrected chi connectivity index (χ4v) is 1.78. The molecule has 0 spiro atoms. The van der Waals surface area contributed by atoms with Crippen molar-refractivity contribution in [1.29, 1.82) is 0 Å². The number of ether oxygens (including phenoxy) is 1. The van der Waals surface area contributed by atoms with Gasteiger partial charge in [-0.25, -0.2) is 0 Å². The minimum absolute atomic E-state index is 0.105. The third-order valence-corrected chi connectivity index (χ3v) is 3.05. The Hall–Kier alpha value is -1.50. The Morgan fingerprint density at radius 2 is 2.06 bits per heavy atom. The molecule has 0 aliphatic heterocycles. The highest BCUT2D eigenvalue weighted by Gasteiger charge is 2.25. The van der Waals surface area contributed by atoms with Gasteiger partial charge < -0.3 is 14.7 Å². The molecule has 18 heavy (non-hydrogen) atoms. The highest BCUT2D eigenvalue weighted by Crippen LogP contribution is 2.24. The second-order valence-electron chi connectivity index (χ2n) is 4.54. The van der Waals surface area contributed by atoms with Crippen molar-refractivity contribution >= 4 is 0 Å². The molecule has 0 unspecified atom stereocenters. The van der Waals surface area contributed by atoms with Crippen LogP contribution in [0.15, 0.2) is 24.3 Å². The van der Waals surface area contributed by atoms with E-state index in [-0.39, 0.29) is 6.61 Å². The molecule has 0 amide bonds. The summed E-state index contributed by atoms with van der Waals surface area (Å²) in [5.41, 5.74) is 0.895. The lowest BCUT2D eigenvalue weighted by Gasteiger charge is -2.15. The zero-order valence-corrected chi connectivity index (χ0v) is 10.7. The van der Waals surface area contributed by atoms with E-state index in [0.29, 0.717) is 6.61 Å². The van der Waals surface area contributed by atoms with E-state index < -0.39 is 0 Å². The van der Waals surface area contributed by atoms with Crippen LogP contribution in [0.3, 0.4) is 0 Å². The average molecular weight is 245 g/mol. The van der Waals surface area contributed by atoms with Crippen LogP contribution in [-0.4, -0.2) is 42.9 Å². The Bertz CT molecular complexity index is 426. The number of likely N-dealkylation sites (N-methyl/N-ethyl adjacent to an activating group) is 1. The first-order valence-electron chi connectivity index (χ1n) is 6.32. The Kier molecular flexibility index (Phi) is 4.63. The summed E-state index contributed by atoms with van der Waals surface area (Å²) in [6, 6.07) is 8.42. The fraction of sp³-hybridized carbons (Fsp3) is 0.467. The van der Waals surface area contributed by atoms with Gasteiger partial charge in [0.05, 0.1) is 0 Å². The largest absolute Gasteiger partial charge is 0.492 e. The molecular weight excluding hydrogens is 226 g/mol. The first-order valence-corrected chi connectivity index (χ1v) is 6.32. The van der Waals surface area contributed by atoms with E-state index in [1.807, 2.05) is 24.3 Å². The zero-order valence-electron chi connectivity index (χ0n) is 10.7. The van der Waals surface area contributed by atoms with Crippen molar-refractivity contribution in [2.24, 2.45) is 0 Å². The summed E-state index contributed by atoms with van der Waals surface area (Å²) in [5.74, 6) is 6.34. The molecule has 2 rings (SSSR count). The number of hydrogen-bond acceptors (Lipinski definition) is 3. The molecule has 1 aromatic rings. The molecule has 96 valence electrons. The molecule has 0 aromatic heterocycles. The van der Waals surface area contributed by atoms with Gasteiger partial charge in [-0.3, -0.25) is 0 Å². The summed E-state index contributed by atoms with van der Waals surface area (Å²) in [6.07, 6.45) is 2.66. The molecule has 1 aromatic carbocycles. The zero-order chi connectivity index (χ0) is 12.8. The van der Waals surface area contributed by atoms with Crippen LogP contribution in [0.5, 0.6) is 5.75 Å². The summed E-state index contributed by atoms with van der Waals surface area (Å²) >= 11 is 0. The van der Waals surface area contributed by atoms with Crippen molar-refractivity contribution in [2.75, 3.05) is 26.8 Å². The predicted octanol–water partition coefficient (Wildman–Crippen LogP) is 1.50. The molecule has 0 saturated heterocycles. The molecule has 0 heterocycles. The van der Waals surface area contributed by atoms with Crippen LogP contribution in [0, 0.1) is 11.8 Å². The lowest BCUT2D eigenvalue weighted by molar-refractivity contribution is 0.232. The fourth-order valence-electron chi connectivity index (χ4n) is 1.78. The molecule has 0 atom stereocenters. The van der Waals surface area contributed by atoms with Crippen molar-refractivity contribution < 1.29 is 9.84 Å². The number of nitrogens with zero attached hydrogens (tertiary/aromatic N) is 1. The Morgan fingerprint density at radius 1 is 1.33 bits per heavy atom. The van der Waals surface area contributed by atoms with E-state index in [9.17, 15) is 0 Å². The maximum Gasteiger partial charge on any atom is 0.119 e. The first kappa shape index (κ1) is 12.9. The van der Waals surface area contributed by atoms with Crippen LogP contribution in [0.1, 0.15) is 18.4 Å². The van der Waals surface area contributed by atoms with Crippen LogP contribution in [-0.2, 0) is 0 Å². The van der Waals surface area contributed by atoms with Gasteiger partial charge in [-0.05, 0) is 44.2 Å². The highest BCUT2D eigenvalue weighted by atomic mass is 16.5. The van der Waals surface area contributed by atoms with Crippen LogP contribution in [0.25, 0.3) is 0 Å². The van der Waals surface area contributed by atoms with Gasteiger partial charge in [-0.1, -0.05) is 11.8 Å². The van der Waals surface area contributed by atoms with Crippen molar-refractivity contribution in [3.8, 4) is 17.6 Å². The Labute approximate surface area is 108 Å². The quantitative estimate of drug-likeness (QED) is 0.798. The van der Waals surface area contributed by atoms with Crippen molar-refractivity contribution in [3.05, 3.63) is 29.8 Å². The third kappa shape index (κ3) is 4.06. The average Bonchev–Trinajstić information content (AvgIpc) is 3.22. The van der Waals surface area contributed by atoms with E-state index in [4.69, 9.17) is 9.84 Å². The summed E-state index contributed by atoms with van der Waals surface area (Å²) in [7, 11) is 2.15. The van der Waals surface area contributed by atoms with Gasteiger partial charge in [0, 0.05) is 18.2 Å². The van der Waals surface area contributed by atoms with Gasteiger partial charge in [0.25, 0.3) is 0 Å². The molecule has 1 saturated carbocycles.